The maximum Gasteiger partial charge on any atom is 0.0770 e. The highest BCUT2D eigenvalue weighted by atomic mass is 16.4. The molecule has 0 saturated carbocycles. The Morgan fingerprint density at radius 2 is 0.750 bits per heavy atom. The Morgan fingerprint density at radius 3 is 0.969 bits per heavy atom. The van der Waals surface area contributed by atoms with E-state index in [4.69, 9.17) is 0 Å². The third kappa shape index (κ3) is 27.5. The summed E-state index contributed by atoms with van der Waals surface area (Å²) in [4.78, 5) is 11.8. The Morgan fingerprint density at radius 1 is 0.531 bits per heavy atom. The summed E-state index contributed by atoms with van der Waals surface area (Å²) in [5, 5.41) is 9.91. The molecular formula is C29H61NO2. The van der Waals surface area contributed by atoms with Gasteiger partial charge in [0.1, 0.15) is 0 Å². The van der Waals surface area contributed by atoms with E-state index in [1.54, 1.807) is 20.8 Å². The summed E-state index contributed by atoms with van der Waals surface area (Å²) >= 11 is 0. The topological polar surface area (TPSA) is 44.6 Å². The van der Waals surface area contributed by atoms with Crippen molar-refractivity contribution >= 4 is 5.97 Å². The largest absolute Gasteiger partial charge is 0.550 e. The summed E-state index contributed by atoms with van der Waals surface area (Å²) in [6, 6.07) is 0. The molecule has 0 fully saturated rings. The van der Waals surface area contributed by atoms with Gasteiger partial charge < -0.3 is 14.8 Å². The molecule has 0 aliphatic carbocycles. The van der Waals surface area contributed by atoms with Crippen LogP contribution in [0.5, 0.6) is 0 Å². The van der Waals surface area contributed by atoms with Crippen LogP contribution in [0.1, 0.15) is 157 Å². The SMILES string of the molecule is CC(C)(C)C(=O)[O-].CCCCCCCC[NH+](CCCCCCCC)CCCCCCCC. The molecule has 0 amide bonds. The van der Waals surface area contributed by atoms with E-state index in [2.05, 4.69) is 20.8 Å². The molecule has 0 unspecified atom stereocenters. The number of unbranched alkanes of at least 4 members (excludes halogenated alkanes) is 15. The summed E-state index contributed by atoms with van der Waals surface area (Å²) in [5.41, 5.74) is -0.694. The van der Waals surface area contributed by atoms with E-state index in [1.807, 2.05) is 4.90 Å². The number of aliphatic carboxylic acids is 1. The Hall–Kier alpha value is -0.570. The fourth-order valence-electron chi connectivity index (χ4n) is 3.84. The lowest BCUT2D eigenvalue weighted by atomic mass is 9.98. The van der Waals surface area contributed by atoms with Crippen LogP contribution in [0, 0.1) is 5.41 Å². The summed E-state index contributed by atoms with van der Waals surface area (Å²) in [5.74, 6) is -1.01. The van der Waals surface area contributed by atoms with Crippen LogP contribution >= 0.6 is 0 Å². The summed E-state index contributed by atoms with van der Waals surface area (Å²) in [7, 11) is 0. The van der Waals surface area contributed by atoms with Gasteiger partial charge in [0.05, 0.1) is 19.6 Å². The monoisotopic (exact) mass is 455 g/mol. The molecule has 0 aromatic rings. The zero-order valence-corrected chi connectivity index (χ0v) is 23.2. The second-order valence-corrected chi connectivity index (χ2v) is 10.8. The molecule has 0 aliphatic heterocycles. The second kappa shape index (κ2) is 25.1. The first-order valence-electron chi connectivity index (χ1n) is 14.3. The van der Waals surface area contributed by atoms with Crippen molar-refractivity contribution in [2.75, 3.05) is 19.6 Å². The van der Waals surface area contributed by atoms with Crippen molar-refractivity contribution in [1.29, 1.82) is 0 Å². The summed E-state index contributed by atoms with van der Waals surface area (Å²) < 4.78 is 0. The number of nitrogens with one attached hydrogen (secondary N) is 1. The van der Waals surface area contributed by atoms with E-state index in [0.717, 1.165) is 0 Å². The van der Waals surface area contributed by atoms with E-state index in [1.165, 1.54) is 135 Å². The minimum Gasteiger partial charge on any atom is -0.550 e. The first-order valence-corrected chi connectivity index (χ1v) is 14.3. The maximum atomic E-state index is 9.91. The second-order valence-electron chi connectivity index (χ2n) is 10.8. The van der Waals surface area contributed by atoms with E-state index >= 15 is 0 Å². The van der Waals surface area contributed by atoms with Crippen molar-refractivity contribution in [3.63, 3.8) is 0 Å². The fraction of sp³-hybridized carbons (Fsp3) is 0.966. The van der Waals surface area contributed by atoms with Crippen LogP contribution in [0.25, 0.3) is 0 Å². The van der Waals surface area contributed by atoms with E-state index in [0.29, 0.717) is 0 Å². The third-order valence-corrected chi connectivity index (χ3v) is 6.26. The average Bonchev–Trinajstić information content (AvgIpc) is 2.74. The normalized spacial score (nSPS) is 11.5. The van der Waals surface area contributed by atoms with Crippen molar-refractivity contribution in [3.8, 4) is 0 Å². The zero-order valence-electron chi connectivity index (χ0n) is 23.2. The number of carboxylic acid groups (broad SMARTS) is 1. The van der Waals surface area contributed by atoms with Crippen molar-refractivity contribution in [1.82, 2.24) is 0 Å². The lowest BCUT2D eigenvalue weighted by molar-refractivity contribution is -0.900. The predicted molar refractivity (Wildman–Crippen MR) is 140 cm³/mol. The van der Waals surface area contributed by atoms with Gasteiger partial charge in [-0.1, -0.05) is 119 Å². The minimum atomic E-state index is -1.01. The van der Waals surface area contributed by atoms with Gasteiger partial charge in [0.15, 0.2) is 0 Å². The van der Waals surface area contributed by atoms with Crippen LogP contribution in [-0.4, -0.2) is 25.6 Å². The standard InChI is InChI=1S/C24H51N.C5H10O2/c1-4-7-10-13-16-19-22-25(23-20-17-14-11-8-5-2)24-21-18-15-12-9-6-3;1-5(2,3)4(6)7/h4-24H2,1-3H3;1-3H3,(H,6,7). The molecule has 1 N–H and O–H groups in total. The lowest BCUT2D eigenvalue weighted by Gasteiger charge is -2.20. The van der Waals surface area contributed by atoms with Gasteiger partial charge in [-0.05, 0) is 38.5 Å². The van der Waals surface area contributed by atoms with Crippen molar-refractivity contribution < 1.29 is 14.8 Å². The molecule has 0 atom stereocenters. The predicted octanol–water partition coefficient (Wildman–Crippen LogP) is 6.74. The van der Waals surface area contributed by atoms with Gasteiger partial charge in [0.25, 0.3) is 0 Å². The third-order valence-electron chi connectivity index (χ3n) is 6.26. The highest BCUT2D eigenvalue weighted by Gasteiger charge is 2.09. The van der Waals surface area contributed by atoms with Crippen LogP contribution in [0.15, 0.2) is 0 Å². The molecule has 0 rings (SSSR count). The highest BCUT2D eigenvalue weighted by molar-refractivity contribution is 5.70. The molecule has 3 nitrogen and oxygen atoms in total. The molecule has 0 aromatic heterocycles. The molecule has 0 bridgehead atoms. The number of quaternary nitrogens is 1. The van der Waals surface area contributed by atoms with Gasteiger partial charge >= 0.3 is 0 Å². The van der Waals surface area contributed by atoms with Gasteiger partial charge in [-0.3, -0.25) is 0 Å². The maximum absolute atomic E-state index is 9.91. The van der Waals surface area contributed by atoms with Crippen LogP contribution in [0.4, 0.5) is 0 Å². The number of rotatable bonds is 21. The molecule has 0 aliphatic rings. The van der Waals surface area contributed by atoms with Gasteiger partial charge in [-0.25, -0.2) is 0 Å². The van der Waals surface area contributed by atoms with Crippen LogP contribution in [0.2, 0.25) is 0 Å². The molecule has 0 aromatic carbocycles. The van der Waals surface area contributed by atoms with Gasteiger partial charge in [0.2, 0.25) is 0 Å². The molecule has 194 valence electrons. The Bertz CT molecular complexity index is 338. The highest BCUT2D eigenvalue weighted by Crippen LogP contribution is 2.09. The van der Waals surface area contributed by atoms with Gasteiger partial charge in [-0.2, -0.15) is 0 Å². The number of carbonyl (C=O) groups excluding carboxylic acids is 1. The Kier molecular flexibility index (Phi) is 26.3. The summed E-state index contributed by atoms with van der Waals surface area (Å²) in [6.45, 7) is 16.1. The molecule has 0 heterocycles. The average molecular weight is 456 g/mol. The Labute approximate surface area is 203 Å². The Balaban J connectivity index is 0. The van der Waals surface area contributed by atoms with Crippen molar-refractivity contribution in [2.24, 2.45) is 5.41 Å². The van der Waals surface area contributed by atoms with Crippen molar-refractivity contribution in [2.45, 2.75) is 157 Å². The van der Waals surface area contributed by atoms with E-state index in [9.17, 15) is 9.90 Å². The minimum absolute atomic E-state index is 0.694. The number of hydrogen-bond acceptors (Lipinski definition) is 2. The number of hydrogen-bond donors (Lipinski definition) is 1. The molecule has 32 heavy (non-hydrogen) atoms. The smallest absolute Gasteiger partial charge is 0.0770 e. The van der Waals surface area contributed by atoms with Crippen LogP contribution in [-0.2, 0) is 4.79 Å². The van der Waals surface area contributed by atoms with Crippen LogP contribution in [0.3, 0.4) is 0 Å². The molecule has 0 radical (unpaired) electrons. The van der Waals surface area contributed by atoms with Gasteiger partial charge in [0, 0.05) is 11.4 Å². The molecular weight excluding hydrogens is 394 g/mol. The summed E-state index contributed by atoms with van der Waals surface area (Å²) in [6.07, 6.45) is 26.0. The first-order chi connectivity index (χ1) is 15.3. The van der Waals surface area contributed by atoms with E-state index < -0.39 is 11.4 Å². The van der Waals surface area contributed by atoms with Crippen molar-refractivity contribution in [3.05, 3.63) is 0 Å². The molecule has 0 saturated heterocycles. The first kappa shape index (κ1) is 33.6. The van der Waals surface area contributed by atoms with Crippen LogP contribution < -0.4 is 10.0 Å². The fourth-order valence-corrected chi connectivity index (χ4v) is 3.84. The van der Waals surface area contributed by atoms with E-state index in [-0.39, 0.29) is 0 Å². The number of carbonyl (C=O) groups is 1. The molecule has 3 heteroatoms. The molecule has 0 spiro atoms. The zero-order chi connectivity index (χ0) is 24.5. The van der Waals surface area contributed by atoms with Gasteiger partial charge in [-0.15, -0.1) is 0 Å². The lowest BCUT2D eigenvalue weighted by Crippen LogP contribution is -3.12. The quantitative estimate of drug-likeness (QED) is 0.195. The number of carboxylic acids is 1.